The molecule has 0 heterocycles. The van der Waals surface area contributed by atoms with Crippen molar-refractivity contribution in [3.05, 3.63) is 60.7 Å². The van der Waals surface area contributed by atoms with Crippen LogP contribution < -0.4 is 0 Å². The lowest BCUT2D eigenvalue weighted by molar-refractivity contribution is 0.0261. The van der Waals surface area contributed by atoms with E-state index < -0.39 is 20.2 Å². The summed E-state index contributed by atoms with van der Waals surface area (Å²) in [7, 11) is -8.01. The molecule has 2 aromatic rings. The summed E-state index contributed by atoms with van der Waals surface area (Å²) < 4.78 is 58.5. The fourth-order valence-electron chi connectivity index (χ4n) is 2.51. The molecule has 4 N–H and O–H groups in total. The van der Waals surface area contributed by atoms with E-state index in [1.54, 1.807) is 50.2 Å². The maximum atomic E-state index is 10.4. The van der Waals surface area contributed by atoms with Crippen molar-refractivity contribution >= 4 is 20.2 Å². The molecule has 0 saturated heterocycles. The van der Waals surface area contributed by atoms with Crippen LogP contribution in [0.4, 0.5) is 0 Å². The lowest BCUT2D eigenvalue weighted by Gasteiger charge is -2.22. The Kier molecular flexibility index (Phi) is 13.4. The van der Waals surface area contributed by atoms with Gasteiger partial charge in [0.25, 0.3) is 20.2 Å². The summed E-state index contributed by atoms with van der Waals surface area (Å²) in [4.78, 5) is -0.148. The highest BCUT2D eigenvalue weighted by Gasteiger charge is 2.19. The van der Waals surface area contributed by atoms with Crippen molar-refractivity contribution in [3.8, 4) is 0 Å². The molecule has 0 saturated carbocycles. The Balaban J connectivity index is 0.000000436. The summed E-state index contributed by atoms with van der Waals surface area (Å²) in [6.07, 6.45) is 2.35. The average molecular weight is 477 g/mol. The van der Waals surface area contributed by atoms with Gasteiger partial charge in [0.1, 0.15) is 0 Å². The van der Waals surface area contributed by atoms with Crippen LogP contribution in [-0.2, 0) is 20.2 Å². The third-order valence-corrected chi connectivity index (χ3v) is 5.95. The van der Waals surface area contributed by atoms with E-state index in [2.05, 4.69) is 6.92 Å². The Hall–Kier alpha value is -1.82. The molecule has 2 aromatic carbocycles. The molecule has 0 spiro atoms. The molecular formula is C21H32O8S2. The summed E-state index contributed by atoms with van der Waals surface area (Å²) in [5, 5.41) is 18.5. The first-order valence-corrected chi connectivity index (χ1v) is 12.6. The predicted molar refractivity (Wildman–Crippen MR) is 119 cm³/mol. The largest absolute Gasteiger partial charge is 0.393 e. The highest BCUT2D eigenvalue weighted by Crippen LogP contribution is 2.16. The van der Waals surface area contributed by atoms with E-state index in [4.69, 9.17) is 9.11 Å². The van der Waals surface area contributed by atoms with E-state index in [0.29, 0.717) is 0 Å². The number of aliphatic hydroxyl groups excluding tert-OH is 2. The van der Waals surface area contributed by atoms with Gasteiger partial charge in [0.15, 0.2) is 0 Å². The quantitative estimate of drug-likeness (QED) is 0.444. The van der Waals surface area contributed by atoms with Crippen LogP contribution in [0.25, 0.3) is 0 Å². The third-order valence-electron chi connectivity index (χ3n) is 4.21. The number of hydrogen-bond acceptors (Lipinski definition) is 6. The van der Waals surface area contributed by atoms with Crippen LogP contribution in [0.15, 0.2) is 70.5 Å². The van der Waals surface area contributed by atoms with Crippen LogP contribution in [0.2, 0.25) is 0 Å². The second kappa shape index (κ2) is 14.3. The molecular weight excluding hydrogens is 444 g/mol. The minimum Gasteiger partial charge on any atom is -0.393 e. The molecule has 10 heteroatoms. The molecule has 0 bridgehead atoms. The van der Waals surface area contributed by atoms with Crippen LogP contribution >= 0.6 is 0 Å². The number of rotatable bonds is 7. The van der Waals surface area contributed by atoms with Gasteiger partial charge in [-0.3, -0.25) is 9.11 Å². The number of benzene rings is 2. The zero-order valence-electron chi connectivity index (χ0n) is 17.9. The van der Waals surface area contributed by atoms with Gasteiger partial charge in [-0.2, -0.15) is 16.8 Å². The Morgan fingerprint density at radius 3 is 1.23 bits per heavy atom. The van der Waals surface area contributed by atoms with Crippen molar-refractivity contribution in [1.82, 2.24) is 0 Å². The van der Waals surface area contributed by atoms with Gasteiger partial charge in [-0.1, -0.05) is 56.2 Å². The molecule has 0 radical (unpaired) electrons. The standard InChI is InChI=1S/C9H20O2.2C6H6O3S/c1-4-5-6-9(7(2)10)8(3)11;2*7-10(8,9)6-4-2-1-3-5-6/h7-11H,4-6H2,1-3H3;2*1-5H,(H,7,8,9). The fraction of sp³-hybridized carbons (Fsp3) is 0.429. The summed E-state index contributed by atoms with van der Waals surface area (Å²) >= 11 is 0. The fourth-order valence-corrected chi connectivity index (χ4v) is 3.51. The molecule has 0 aliphatic carbocycles. The van der Waals surface area contributed by atoms with Crippen LogP contribution in [0.5, 0.6) is 0 Å². The maximum Gasteiger partial charge on any atom is 0.294 e. The highest BCUT2D eigenvalue weighted by molar-refractivity contribution is 7.86. The molecule has 31 heavy (non-hydrogen) atoms. The molecule has 0 aromatic heterocycles. The van der Waals surface area contributed by atoms with E-state index in [1.807, 2.05) is 0 Å². The Bertz CT molecular complexity index is 850. The number of unbranched alkanes of at least 4 members (excludes halogenated alkanes) is 1. The van der Waals surface area contributed by atoms with Crippen molar-refractivity contribution in [3.63, 3.8) is 0 Å². The van der Waals surface area contributed by atoms with Crippen LogP contribution in [0.1, 0.15) is 40.0 Å². The third kappa shape index (κ3) is 13.2. The first-order chi connectivity index (χ1) is 14.3. The van der Waals surface area contributed by atoms with E-state index in [1.165, 1.54) is 24.3 Å². The first-order valence-electron chi connectivity index (χ1n) is 9.71. The molecule has 0 fully saturated rings. The minimum absolute atomic E-state index is 0.0509. The van der Waals surface area contributed by atoms with Crippen LogP contribution in [0, 0.1) is 5.92 Å². The normalized spacial score (nSPS) is 14.2. The van der Waals surface area contributed by atoms with Gasteiger partial charge in [0, 0.05) is 5.92 Å². The van der Waals surface area contributed by atoms with Gasteiger partial charge < -0.3 is 10.2 Å². The Labute approximate surface area is 185 Å². The van der Waals surface area contributed by atoms with Gasteiger partial charge in [-0.15, -0.1) is 0 Å². The van der Waals surface area contributed by atoms with Crippen LogP contribution in [-0.4, -0.2) is 48.4 Å². The Morgan fingerprint density at radius 2 is 1.03 bits per heavy atom. The second-order valence-electron chi connectivity index (χ2n) is 6.86. The van der Waals surface area contributed by atoms with Crippen molar-refractivity contribution in [2.45, 2.75) is 62.0 Å². The highest BCUT2D eigenvalue weighted by atomic mass is 32.2. The summed E-state index contributed by atoms with van der Waals surface area (Å²) in [5.74, 6) is 0.0509. The summed E-state index contributed by atoms with van der Waals surface area (Å²) in [5.41, 5.74) is 0. The molecule has 8 nitrogen and oxygen atoms in total. The lowest BCUT2D eigenvalue weighted by atomic mass is 9.92. The zero-order chi connectivity index (χ0) is 24.1. The molecule has 2 rings (SSSR count). The van der Waals surface area contributed by atoms with Crippen molar-refractivity contribution in [1.29, 1.82) is 0 Å². The van der Waals surface area contributed by atoms with Gasteiger partial charge in [-0.25, -0.2) is 0 Å². The zero-order valence-corrected chi connectivity index (χ0v) is 19.5. The lowest BCUT2D eigenvalue weighted by Crippen LogP contribution is -2.27. The maximum absolute atomic E-state index is 10.4. The van der Waals surface area contributed by atoms with Crippen molar-refractivity contribution in [2.75, 3.05) is 0 Å². The Morgan fingerprint density at radius 1 is 0.710 bits per heavy atom. The number of hydrogen-bond donors (Lipinski definition) is 4. The topological polar surface area (TPSA) is 149 Å². The van der Waals surface area contributed by atoms with E-state index >= 15 is 0 Å². The second-order valence-corrected chi connectivity index (χ2v) is 9.71. The van der Waals surface area contributed by atoms with Gasteiger partial charge >= 0.3 is 0 Å². The van der Waals surface area contributed by atoms with E-state index in [-0.39, 0.29) is 27.9 Å². The SMILES string of the molecule is CCCCC(C(C)O)C(C)O.O=S(=O)(O)c1ccccc1.O=S(=O)(O)c1ccccc1. The average Bonchev–Trinajstić information content (AvgIpc) is 2.69. The van der Waals surface area contributed by atoms with Gasteiger partial charge in [0.2, 0.25) is 0 Å². The molecule has 0 aliphatic rings. The van der Waals surface area contributed by atoms with Gasteiger partial charge in [-0.05, 0) is 44.5 Å². The molecule has 0 aliphatic heterocycles. The molecule has 0 amide bonds. The first kappa shape index (κ1) is 29.2. The van der Waals surface area contributed by atoms with E-state index in [0.717, 1.165) is 19.3 Å². The van der Waals surface area contributed by atoms with Crippen molar-refractivity contribution < 1.29 is 36.2 Å². The summed E-state index contributed by atoms with van der Waals surface area (Å²) in [6, 6.07) is 14.8. The molecule has 2 unspecified atom stereocenters. The monoisotopic (exact) mass is 476 g/mol. The van der Waals surface area contributed by atoms with Crippen LogP contribution in [0.3, 0.4) is 0 Å². The molecule has 176 valence electrons. The minimum atomic E-state index is -4.00. The van der Waals surface area contributed by atoms with Crippen molar-refractivity contribution in [2.24, 2.45) is 5.92 Å². The predicted octanol–water partition coefficient (Wildman–Crippen LogP) is 3.42. The van der Waals surface area contributed by atoms with Gasteiger partial charge in [0.05, 0.1) is 22.0 Å². The van der Waals surface area contributed by atoms with E-state index in [9.17, 15) is 27.0 Å². The number of aliphatic hydroxyl groups is 2. The molecule has 2 atom stereocenters. The smallest absolute Gasteiger partial charge is 0.294 e. The summed E-state index contributed by atoms with van der Waals surface area (Å²) in [6.45, 7) is 5.60.